The number of benzene rings is 3. The highest BCUT2D eigenvalue weighted by Crippen LogP contribution is 2.20. The molecule has 0 radical (unpaired) electrons. The molecule has 4 aromatic rings. The van der Waals surface area contributed by atoms with Crippen molar-refractivity contribution in [3.05, 3.63) is 95.7 Å². The van der Waals surface area contributed by atoms with Crippen LogP contribution >= 0.6 is 0 Å². The lowest BCUT2D eigenvalue weighted by molar-refractivity contribution is -0.143. The van der Waals surface area contributed by atoms with E-state index in [4.69, 9.17) is 10.8 Å². The molecule has 0 aliphatic carbocycles. The van der Waals surface area contributed by atoms with Gasteiger partial charge in [0.05, 0.1) is 12.6 Å². The summed E-state index contributed by atoms with van der Waals surface area (Å²) in [4.78, 5) is 80.4. The number of aliphatic hydroxyl groups excluding tert-OH is 1. The highest BCUT2D eigenvalue weighted by molar-refractivity contribution is 5.96. The number of aliphatic carboxylic acids is 2. The molecule has 12 N–H and O–H groups in total. The lowest BCUT2D eigenvalue weighted by atomic mass is 10.00. The van der Waals surface area contributed by atoms with Crippen molar-refractivity contribution in [2.45, 2.75) is 62.3 Å². The first-order valence-electron chi connectivity index (χ1n) is 16.9. The third-order valence-corrected chi connectivity index (χ3v) is 8.55. The van der Waals surface area contributed by atoms with Gasteiger partial charge in [-0.15, -0.1) is 0 Å². The van der Waals surface area contributed by atoms with E-state index in [9.17, 15) is 49.2 Å². The first kappa shape index (κ1) is 40.3. The summed E-state index contributed by atoms with van der Waals surface area (Å²) in [5.41, 5.74) is 8.22. The molecule has 286 valence electrons. The minimum atomic E-state index is -1.68. The molecule has 1 aromatic heterocycles. The molecule has 0 fully saturated rings. The number of aliphatic hydroxyl groups is 1. The van der Waals surface area contributed by atoms with Crippen LogP contribution in [0, 0.1) is 0 Å². The van der Waals surface area contributed by atoms with Crippen molar-refractivity contribution in [1.82, 2.24) is 26.3 Å². The summed E-state index contributed by atoms with van der Waals surface area (Å²) in [5.74, 6) is -6.29. The lowest BCUT2D eigenvalue weighted by Crippen LogP contribution is -2.59. The highest BCUT2D eigenvalue weighted by Gasteiger charge is 2.33. The summed E-state index contributed by atoms with van der Waals surface area (Å²) in [6.07, 6.45) is 0.556. The van der Waals surface area contributed by atoms with Gasteiger partial charge in [0.15, 0.2) is 0 Å². The Balaban J connectivity index is 1.65. The molecule has 5 atom stereocenters. The number of amides is 4. The Bertz CT molecular complexity index is 1950. The molecule has 54 heavy (non-hydrogen) atoms. The summed E-state index contributed by atoms with van der Waals surface area (Å²) in [5, 5.41) is 58.3. The number of para-hydroxylation sites is 1. The summed E-state index contributed by atoms with van der Waals surface area (Å²) >= 11 is 0. The van der Waals surface area contributed by atoms with Gasteiger partial charge in [-0.05, 0) is 53.4 Å². The van der Waals surface area contributed by atoms with Crippen molar-refractivity contribution in [3.8, 4) is 11.5 Å². The number of fused-ring (bicyclic) bond motifs is 1. The molecule has 0 aliphatic rings. The van der Waals surface area contributed by atoms with Crippen LogP contribution in [0.1, 0.15) is 29.5 Å². The number of rotatable bonds is 19. The lowest BCUT2D eigenvalue weighted by Gasteiger charge is -2.26. The summed E-state index contributed by atoms with van der Waals surface area (Å²) < 4.78 is 0. The summed E-state index contributed by atoms with van der Waals surface area (Å²) in [6, 6.07) is 11.5. The number of aromatic nitrogens is 1. The molecule has 0 bridgehead atoms. The maximum atomic E-state index is 14.1. The van der Waals surface area contributed by atoms with E-state index in [2.05, 4.69) is 26.3 Å². The second-order valence-electron chi connectivity index (χ2n) is 12.6. The summed E-state index contributed by atoms with van der Waals surface area (Å²) in [7, 11) is 0. The largest absolute Gasteiger partial charge is 0.508 e. The number of nitrogens with two attached hydrogens (primary N) is 1. The van der Waals surface area contributed by atoms with Crippen LogP contribution in [0.5, 0.6) is 11.5 Å². The van der Waals surface area contributed by atoms with Crippen LogP contribution < -0.4 is 27.0 Å². The van der Waals surface area contributed by atoms with Gasteiger partial charge in [-0.3, -0.25) is 24.0 Å². The first-order valence-corrected chi connectivity index (χ1v) is 16.9. The molecule has 4 amide bonds. The van der Waals surface area contributed by atoms with Gasteiger partial charge in [-0.25, -0.2) is 4.79 Å². The smallest absolute Gasteiger partial charge is 0.328 e. The number of carboxylic acid groups (broad SMARTS) is 2. The Morgan fingerprint density at radius 1 is 0.630 bits per heavy atom. The van der Waals surface area contributed by atoms with E-state index in [1.165, 1.54) is 48.5 Å². The Kier molecular flexibility index (Phi) is 14.1. The van der Waals surface area contributed by atoms with Gasteiger partial charge in [-0.1, -0.05) is 42.5 Å². The standard InChI is InChI=1S/C37H42N6O11/c38-26(13-14-32(47)48)33(49)40-28(15-20-5-9-23(45)10-6-20)34(50)41-29(16-21-7-11-24(46)12-8-21)35(51)42-30(36(52)43-31(19-44)37(53)54)17-22-18-39-27-4-2-1-3-25(22)27/h1-12,18,26,28-31,39,44-46H,13-17,19,38H2,(H,40,49)(H,41,50)(H,42,51)(H,43,52)(H,47,48)(H,53,54)/t26-,28-,29-,30-,31-/m0/s1. The number of phenols is 2. The van der Waals surface area contributed by atoms with Gasteiger partial charge in [0.25, 0.3) is 0 Å². The topological polar surface area (TPSA) is 294 Å². The molecule has 0 spiro atoms. The fourth-order valence-electron chi connectivity index (χ4n) is 5.57. The third-order valence-electron chi connectivity index (χ3n) is 8.55. The monoisotopic (exact) mass is 746 g/mol. The van der Waals surface area contributed by atoms with Crippen LogP contribution in [0.4, 0.5) is 0 Å². The Labute approximate surface area is 308 Å². The molecule has 0 aliphatic heterocycles. The maximum absolute atomic E-state index is 14.1. The molecule has 0 saturated carbocycles. The van der Waals surface area contributed by atoms with E-state index in [0.717, 1.165) is 10.9 Å². The Morgan fingerprint density at radius 3 is 1.57 bits per heavy atom. The average Bonchev–Trinajstić information content (AvgIpc) is 3.55. The average molecular weight is 747 g/mol. The third kappa shape index (κ3) is 11.5. The molecule has 0 saturated heterocycles. The number of H-pyrrole nitrogens is 1. The van der Waals surface area contributed by atoms with Crippen LogP contribution in [0.15, 0.2) is 79.0 Å². The van der Waals surface area contributed by atoms with Crippen molar-refractivity contribution in [2.24, 2.45) is 5.73 Å². The van der Waals surface area contributed by atoms with E-state index in [0.29, 0.717) is 16.7 Å². The van der Waals surface area contributed by atoms with Gasteiger partial charge >= 0.3 is 11.9 Å². The molecule has 17 nitrogen and oxygen atoms in total. The van der Waals surface area contributed by atoms with Gasteiger partial charge in [0.1, 0.15) is 35.7 Å². The van der Waals surface area contributed by atoms with Gasteiger partial charge in [0.2, 0.25) is 23.6 Å². The van der Waals surface area contributed by atoms with Gasteiger partial charge < -0.3 is 57.5 Å². The molecule has 3 aromatic carbocycles. The molecule has 0 unspecified atom stereocenters. The highest BCUT2D eigenvalue weighted by atomic mass is 16.4. The van der Waals surface area contributed by atoms with Crippen molar-refractivity contribution < 1.29 is 54.3 Å². The van der Waals surface area contributed by atoms with E-state index in [1.807, 2.05) is 0 Å². The predicted molar refractivity (Wildman–Crippen MR) is 193 cm³/mol. The fraction of sp³-hybridized carbons (Fsp3) is 0.297. The SMILES string of the molecule is N[C@@H](CCC(=O)O)C(=O)N[C@@H](Cc1ccc(O)cc1)C(=O)N[C@@H](Cc1ccc(O)cc1)C(=O)N[C@@H](Cc1c[nH]c2ccccc12)C(=O)N[C@@H](CO)C(=O)O. The number of hydrogen-bond acceptors (Lipinski definition) is 10. The number of phenolic OH excluding ortho intramolecular Hbond substituents is 2. The van der Waals surface area contributed by atoms with Crippen LogP contribution in [0.2, 0.25) is 0 Å². The number of nitrogens with one attached hydrogen (secondary N) is 5. The quantitative estimate of drug-likeness (QED) is 0.0596. The molecular weight excluding hydrogens is 704 g/mol. The molecule has 17 heteroatoms. The van der Waals surface area contributed by atoms with Crippen molar-refractivity contribution in [3.63, 3.8) is 0 Å². The zero-order valence-corrected chi connectivity index (χ0v) is 28.9. The first-order chi connectivity index (χ1) is 25.7. The zero-order chi connectivity index (χ0) is 39.4. The number of carboxylic acids is 2. The zero-order valence-electron chi connectivity index (χ0n) is 28.9. The number of carbonyl (C=O) groups is 6. The predicted octanol–water partition coefficient (Wildman–Crippen LogP) is -0.185. The van der Waals surface area contributed by atoms with Gasteiger partial charge in [-0.2, -0.15) is 0 Å². The Hall–Kier alpha value is -6.46. The van der Waals surface area contributed by atoms with Crippen LogP contribution in [0.3, 0.4) is 0 Å². The van der Waals surface area contributed by atoms with Crippen molar-refractivity contribution in [2.75, 3.05) is 6.61 Å². The minimum Gasteiger partial charge on any atom is -0.508 e. The number of hydrogen-bond donors (Lipinski definition) is 11. The van der Waals surface area contributed by atoms with E-state index in [1.54, 1.807) is 30.5 Å². The maximum Gasteiger partial charge on any atom is 0.328 e. The Morgan fingerprint density at radius 2 is 1.09 bits per heavy atom. The second-order valence-corrected chi connectivity index (χ2v) is 12.6. The van der Waals surface area contributed by atoms with Crippen LogP contribution in [-0.4, -0.2) is 103 Å². The van der Waals surface area contributed by atoms with Crippen LogP contribution in [-0.2, 0) is 48.0 Å². The molecule has 1 heterocycles. The molecule has 4 rings (SSSR count). The number of carbonyl (C=O) groups excluding carboxylic acids is 4. The minimum absolute atomic E-state index is 0.0509. The normalized spacial score (nSPS) is 13.8. The molecular formula is C37H42N6O11. The van der Waals surface area contributed by atoms with E-state index >= 15 is 0 Å². The van der Waals surface area contributed by atoms with Crippen LogP contribution in [0.25, 0.3) is 10.9 Å². The van der Waals surface area contributed by atoms with Crippen molar-refractivity contribution >= 4 is 46.5 Å². The fourth-order valence-corrected chi connectivity index (χ4v) is 5.57. The van der Waals surface area contributed by atoms with E-state index in [-0.39, 0.29) is 37.2 Å². The second kappa shape index (κ2) is 18.9. The number of aromatic hydroxyl groups is 2. The summed E-state index contributed by atoms with van der Waals surface area (Å²) in [6.45, 7) is -0.928. The van der Waals surface area contributed by atoms with E-state index < -0.39 is 78.8 Å². The number of aromatic amines is 1. The van der Waals surface area contributed by atoms with Gasteiger partial charge in [0, 0.05) is 42.8 Å². The van der Waals surface area contributed by atoms with Crippen molar-refractivity contribution in [1.29, 1.82) is 0 Å².